The molecule has 0 fully saturated rings. The Morgan fingerprint density at radius 1 is 1.00 bits per heavy atom. The van der Waals surface area contributed by atoms with Crippen molar-refractivity contribution < 1.29 is 52.0 Å². The molecule has 0 rings (SSSR count). The first-order valence-corrected chi connectivity index (χ1v) is 0. The molecule has 6 N–H and O–H groups in total. The van der Waals surface area contributed by atoms with Gasteiger partial charge >= 0.3 is 35.6 Å². The smallest absolute Gasteiger partial charge is 2.00 e. The van der Waals surface area contributed by atoms with Crippen molar-refractivity contribution in [2.24, 2.45) is 0 Å². The maximum absolute atomic E-state index is 0. The largest absolute Gasteiger partial charge is 3.00 e. The van der Waals surface area contributed by atoms with Crippen molar-refractivity contribution in [1.29, 1.82) is 0 Å². The van der Waals surface area contributed by atoms with Crippen molar-refractivity contribution in [3.63, 3.8) is 0 Å². The van der Waals surface area contributed by atoms with Crippen molar-refractivity contribution >= 4 is 0 Å². The second kappa shape index (κ2) is 76.5. The SMILES string of the molecule is N.O.[La+3].[O-2].[OH-]. The molecule has 0 aromatic heterocycles. The van der Waals surface area contributed by atoms with Gasteiger partial charge in [-0.05, 0) is 0 Å². The summed E-state index contributed by atoms with van der Waals surface area (Å²) in [5.74, 6) is 0. The van der Waals surface area contributed by atoms with Gasteiger partial charge in [0.15, 0.2) is 0 Å². The third-order valence-corrected chi connectivity index (χ3v) is 0. The van der Waals surface area contributed by atoms with Crippen LogP contribution in [0.15, 0.2) is 0 Å². The second-order valence-corrected chi connectivity index (χ2v) is 0. The standard InChI is InChI=1S/La.H3N.2H2O.O/h;1H3;2*1H2;/q+3;;;;-2/p-1. The van der Waals surface area contributed by atoms with E-state index >= 15 is 0 Å². The predicted octanol–water partition coefficient (Wildman–Crippen LogP) is -0.958. The second-order valence-electron chi connectivity index (χ2n) is 0. The molecule has 0 unspecified atom stereocenters. The van der Waals surface area contributed by atoms with E-state index < -0.39 is 0 Å². The van der Waals surface area contributed by atoms with E-state index in [1.165, 1.54) is 0 Å². The Bertz CT molecular complexity index is 6.85. The predicted molar refractivity (Wildman–Crippen MR) is 11.3 cm³/mol. The van der Waals surface area contributed by atoms with Gasteiger partial charge in [0.05, 0.1) is 0 Å². The van der Waals surface area contributed by atoms with Crippen molar-refractivity contribution in [1.82, 2.24) is 6.15 Å². The molecule has 0 aliphatic heterocycles. The first-order valence-electron chi connectivity index (χ1n) is 0. The Hall–Kier alpha value is 1.03. The van der Waals surface area contributed by atoms with Crippen LogP contribution in [0.3, 0.4) is 0 Å². The van der Waals surface area contributed by atoms with E-state index in [2.05, 4.69) is 0 Å². The van der Waals surface area contributed by atoms with Crippen molar-refractivity contribution in [3.8, 4) is 0 Å². The van der Waals surface area contributed by atoms with Crippen LogP contribution < -0.4 is 6.15 Å². The Kier molecular flexibility index (Phi) is 2190. The topological polar surface area (TPSA) is 125 Å². The van der Waals surface area contributed by atoms with Crippen LogP contribution in [0.25, 0.3) is 0 Å². The van der Waals surface area contributed by atoms with Gasteiger partial charge in [0.1, 0.15) is 0 Å². The fraction of sp³-hybridized carbons (Fsp3) is 0. The van der Waals surface area contributed by atoms with Gasteiger partial charge in [0.25, 0.3) is 0 Å². The minimum atomic E-state index is 0. The molecule has 0 atom stereocenters. The molecule has 0 aromatic carbocycles. The van der Waals surface area contributed by atoms with Gasteiger partial charge < -0.3 is 22.6 Å². The van der Waals surface area contributed by atoms with Crippen LogP contribution in [0.2, 0.25) is 0 Å². The molecule has 0 bridgehead atoms. The number of hydrogen-bond donors (Lipinski definition) is 1. The molecular formula is H6LaNO3. The summed E-state index contributed by atoms with van der Waals surface area (Å²) >= 11 is 0. The minimum absolute atomic E-state index is 0. The van der Waals surface area contributed by atoms with Crippen molar-refractivity contribution in [2.75, 3.05) is 0 Å². The van der Waals surface area contributed by atoms with Gasteiger partial charge in [-0.1, -0.05) is 0 Å². The van der Waals surface area contributed by atoms with E-state index in [1.54, 1.807) is 0 Å². The maximum Gasteiger partial charge on any atom is 3.00 e. The molecule has 4 nitrogen and oxygen atoms in total. The van der Waals surface area contributed by atoms with E-state index in [-0.39, 0.29) is 58.2 Å². The molecule has 0 aromatic rings. The average Bonchev–Trinajstić information content (AvgIpc) is 0. The Labute approximate surface area is 58.1 Å². The molecule has 0 saturated carbocycles. The third-order valence-electron chi connectivity index (χ3n) is 0. The fourth-order valence-electron chi connectivity index (χ4n) is 0. The normalized spacial score (nSPS) is 0. The average molecular weight is 207 g/mol. The first-order chi connectivity index (χ1) is 0. The van der Waals surface area contributed by atoms with Crippen LogP contribution in [-0.2, 0) is 5.48 Å². The molecule has 0 aliphatic rings. The minimum Gasteiger partial charge on any atom is -2.00 e. The molecule has 0 aliphatic carbocycles. The van der Waals surface area contributed by atoms with Crippen LogP contribution in [-0.4, -0.2) is 11.0 Å². The summed E-state index contributed by atoms with van der Waals surface area (Å²) in [4.78, 5) is 0. The summed E-state index contributed by atoms with van der Waals surface area (Å²) in [6, 6.07) is 0. The van der Waals surface area contributed by atoms with Crippen LogP contribution >= 0.6 is 0 Å². The van der Waals surface area contributed by atoms with Gasteiger partial charge in [0, 0.05) is 0 Å². The summed E-state index contributed by atoms with van der Waals surface area (Å²) in [6.45, 7) is 0. The number of rotatable bonds is 0. The maximum atomic E-state index is 0. The number of hydrogen-bond acceptors (Lipinski definition) is 2. The molecule has 0 heterocycles. The Morgan fingerprint density at radius 2 is 1.00 bits per heavy atom. The summed E-state index contributed by atoms with van der Waals surface area (Å²) in [5, 5.41) is 0. The summed E-state index contributed by atoms with van der Waals surface area (Å²) < 4.78 is 0. The zero-order valence-corrected chi connectivity index (χ0v) is 6.27. The molecule has 5 heteroatoms. The summed E-state index contributed by atoms with van der Waals surface area (Å²) in [7, 11) is 0. The first kappa shape index (κ1) is 143. The van der Waals surface area contributed by atoms with Crippen LogP contribution in [0.4, 0.5) is 0 Å². The summed E-state index contributed by atoms with van der Waals surface area (Å²) in [5.41, 5.74) is 0. The molecular weight excluding hydrogens is 201 g/mol. The molecule has 0 spiro atoms. The van der Waals surface area contributed by atoms with E-state index in [4.69, 9.17) is 0 Å². The monoisotopic (exact) mass is 207 g/mol. The molecule has 0 saturated heterocycles. The molecule has 0 amide bonds. The van der Waals surface area contributed by atoms with Crippen LogP contribution in [0.5, 0.6) is 0 Å². The Morgan fingerprint density at radius 3 is 1.00 bits per heavy atom. The van der Waals surface area contributed by atoms with Crippen molar-refractivity contribution in [3.05, 3.63) is 0 Å². The van der Waals surface area contributed by atoms with Gasteiger partial charge in [-0.3, -0.25) is 0 Å². The zero-order valence-electron chi connectivity index (χ0n) is 2.64. The molecule has 32 valence electrons. The fourth-order valence-corrected chi connectivity index (χ4v) is 0. The van der Waals surface area contributed by atoms with Gasteiger partial charge in [-0.15, -0.1) is 0 Å². The van der Waals surface area contributed by atoms with Crippen LogP contribution in [0.1, 0.15) is 0 Å². The molecule has 0 radical (unpaired) electrons. The van der Waals surface area contributed by atoms with Gasteiger partial charge in [-0.25, -0.2) is 0 Å². The Balaban J connectivity index is 0. The van der Waals surface area contributed by atoms with Crippen molar-refractivity contribution in [2.45, 2.75) is 0 Å². The molecule has 5 heavy (non-hydrogen) atoms. The van der Waals surface area contributed by atoms with Gasteiger partial charge in [0.2, 0.25) is 0 Å². The van der Waals surface area contributed by atoms with E-state index in [9.17, 15) is 0 Å². The van der Waals surface area contributed by atoms with E-state index in [1.807, 2.05) is 0 Å². The third kappa shape index (κ3) is 43.3. The quantitative estimate of drug-likeness (QED) is 0.549. The van der Waals surface area contributed by atoms with E-state index in [0.29, 0.717) is 0 Å². The van der Waals surface area contributed by atoms with E-state index in [0.717, 1.165) is 0 Å². The van der Waals surface area contributed by atoms with Crippen LogP contribution in [0, 0.1) is 35.6 Å². The van der Waals surface area contributed by atoms with Gasteiger partial charge in [-0.2, -0.15) is 0 Å². The summed E-state index contributed by atoms with van der Waals surface area (Å²) in [6.07, 6.45) is 0. The zero-order chi connectivity index (χ0) is 0.